The Morgan fingerprint density at radius 2 is 1.90 bits per heavy atom. The van der Waals surface area contributed by atoms with Crippen molar-refractivity contribution in [3.8, 4) is 0 Å². The minimum Gasteiger partial charge on any atom is -0.370 e. The van der Waals surface area contributed by atoms with E-state index in [-0.39, 0.29) is 24.3 Å². The van der Waals surface area contributed by atoms with E-state index in [9.17, 15) is 9.59 Å². The number of carbonyl (C=O) groups excluding carboxylic acids is 2. The Morgan fingerprint density at radius 1 is 1.21 bits per heavy atom. The predicted octanol–water partition coefficient (Wildman–Crippen LogP) is 2.00. The van der Waals surface area contributed by atoms with Gasteiger partial charge in [-0.1, -0.05) is 23.7 Å². The van der Waals surface area contributed by atoms with Crippen molar-refractivity contribution in [2.75, 3.05) is 26.2 Å². The predicted molar refractivity (Wildman–Crippen MR) is 110 cm³/mol. The number of likely N-dealkylation sites (tertiary alicyclic amines) is 2. The molecule has 3 heterocycles. The fourth-order valence-electron chi connectivity index (χ4n) is 4.61. The van der Waals surface area contributed by atoms with E-state index < -0.39 is 0 Å². The second kappa shape index (κ2) is 7.80. The lowest BCUT2D eigenvalue weighted by Crippen LogP contribution is -2.36. The molecule has 8 heteroatoms. The van der Waals surface area contributed by atoms with Crippen molar-refractivity contribution in [3.63, 3.8) is 0 Å². The third-order valence-corrected chi connectivity index (χ3v) is 6.56. The van der Waals surface area contributed by atoms with Gasteiger partial charge in [0.1, 0.15) is 5.69 Å². The number of rotatable bonds is 5. The maximum atomic E-state index is 12.7. The highest BCUT2D eigenvalue weighted by Gasteiger charge is 2.44. The number of halogens is 1. The van der Waals surface area contributed by atoms with Gasteiger partial charge in [0, 0.05) is 56.9 Å². The van der Waals surface area contributed by atoms with Gasteiger partial charge in [0.15, 0.2) is 0 Å². The standard InChI is InChI=1S/C21H26ClN5O2/c1-13-3-4-14(7-17(13)22)19(8-20(23)28)26-9-15-11-27(12-16(15)10-26)21(29)18-5-6-25(2)24-18/h3-7,15-16,19H,8-12H2,1-2H3,(H2,23,28). The van der Waals surface area contributed by atoms with Gasteiger partial charge < -0.3 is 10.6 Å². The van der Waals surface area contributed by atoms with Crippen LogP contribution in [0.4, 0.5) is 0 Å². The van der Waals surface area contributed by atoms with Gasteiger partial charge in [-0.2, -0.15) is 5.10 Å². The van der Waals surface area contributed by atoms with Crippen molar-refractivity contribution in [1.29, 1.82) is 0 Å². The molecule has 0 aliphatic carbocycles. The molecule has 154 valence electrons. The van der Waals surface area contributed by atoms with Crippen molar-refractivity contribution in [1.82, 2.24) is 19.6 Å². The normalized spacial score (nSPS) is 22.7. The van der Waals surface area contributed by atoms with Crippen LogP contribution < -0.4 is 5.73 Å². The van der Waals surface area contributed by atoms with Crippen LogP contribution >= 0.6 is 11.6 Å². The average Bonchev–Trinajstić information content (AvgIpc) is 3.36. The van der Waals surface area contributed by atoms with E-state index >= 15 is 0 Å². The number of carbonyl (C=O) groups is 2. The highest BCUT2D eigenvalue weighted by molar-refractivity contribution is 6.31. The zero-order valence-electron chi connectivity index (χ0n) is 16.7. The Balaban J connectivity index is 1.46. The maximum Gasteiger partial charge on any atom is 0.274 e. The molecule has 0 spiro atoms. The number of fused-ring (bicyclic) bond motifs is 1. The van der Waals surface area contributed by atoms with Crippen LogP contribution in [0, 0.1) is 18.8 Å². The first-order chi connectivity index (χ1) is 13.8. The van der Waals surface area contributed by atoms with Crippen LogP contribution in [0.1, 0.15) is 34.1 Å². The quantitative estimate of drug-likeness (QED) is 0.809. The molecule has 3 unspecified atom stereocenters. The Kier molecular flexibility index (Phi) is 5.36. The van der Waals surface area contributed by atoms with Gasteiger partial charge in [-0.25, -0.2) is 0 Å². The molecular weight excluding hydrogens is 390 g/mol. The molecule has 7 nitrogen and oxygen atoms in total. The van der Waals surface area contributed by atoms with Crippen molar-refractivity contribution in [3.05, 3.63) is 52.3 Å². The van der Waals surface area contributed by atoms with E-state index in [2.05, 4.69) is 10.00 Å². The summed E-state index contributed by atoms with van der Waals surface area (Å²) in [6, 6.07) is 7.62. The van der Waals surface area contributed by atoms with Crippen LogP contribution in [0.2, 0.25) is 5.02 Å². The molecule has 3 atom stereocenters. The number of hydrogen-bond donors (Lipinski definition) is 1. The summed E-state index contributed by atoms with van der Waals surface area (Å²) in [5.74, 6) is 0.444. The first-order valence-electron chi connectivity index (χ1n) is 9.89. The summed E-state index contributed by atoms with van der Waals surface area (Å²) in [6.45, 7) is 5.06. The molecule has 0 bridgehead atoms. The molecular formula is C21H26ClN5O2. The van der Waals surface area contributed by atoms with Gasteiger partial charge in [0.2, 0.25) is 5.91 Å². The highest BCUT2D eigenvalue weighted by Crippen LogP contribution is 2.38. The summed E-state index contributed by atoms with van der Waals surface area (Å²) in [6.07, 6.45) is 2.04. The first-order valence-corrected chi connectivity index (χ1v) is 10.3. The summed E-state index contributed by atoms with van der Waals surface area (Å²) in [5, 5.41) is 4.93. The second-order valence-electron chi connectivity index (χ2n) is 8.25. The van der Waals surface area contributed by atoms with E-state index in [1.165, 1.54) is 0 Å². The van der Waals surface area contributed by atoms with Gasteiger partial charge in [0.05, 0.1) is 0 Å². The van der Waals surface area contributed by atoms with Crippen LogP contribution in [0.15, 0.2) is 30.5 Å². The van der Waals surface area contributed by atoms with Crippen LogP contribution in [0.3, 0.4) is 0 Å². The van der Waals surface area contributed by atoms with Crippen LogP contribution in [-0.2, 0) is 11.8 Å². The maximum absolute atomic E-state index is 12.7. The van der Waals surface area contributed by atoms with E-state index in [0.717, 1.165) is 24.2 Å². The Morgan fingerprint density at radius 3 is 2.45 bits per heavy atom. The Hall–Kier alpha value is -2.38. The molecule has 2 aliphatic heterocycles. The third kappa shape index (κ3) is 4.02. The minimum atomic E-state index is -0.323. The fraction of sp³-hybridized carbons (Fsp3) is 0.476. The van der Waals surface area contributed by atoms with E-state index in [0.29, 0.717) is 35.6 Å². The molecule has 29 heavy (non-hydrogen) atoms. The lowest BCUT2D eigenvalue weighted by Gasteiger charge is -2.29. The van der Waals surface area contributed by atoms with Crippen molar-refractivity contribution < 1.29 is 9.59 Å². The SMILES string of the molecule is Cc1ccc(C(CC(N)=O)N2CC3CN(C(=O)c4ccn(C)n4)CC3C2)cc1Cl. The number of aryl methyl sites for hydroxylation is 2. The van der Waals surface area contributed by atoms with Gasteiger partial charge in [0.25, 0.3) is 5.91 Å². The summed E-state index contributed by atoms with van der Waals surface area (Å²) >= 11 is 6.32. The molecule has 1 aromatic carbocycles. The molecule has 2 N–H and O–H groups in total. The Bertz CT molecular complexity index is 929. The molecule has 2 fully saturated rings. The van der Waals surface area contributed by atoms with Crippen molar-refractivity contribution in [2.45, 2.75) is 19.4 Å². The Labute approximate surface area is 175 Å². The molecule has 2 aliphatic rings. The summed E-state index contributed by atoms with van der Waals surface area (Å²) in [4.78, 5) is 28.7. The molecule has 4 rings (SSSR count). The minimum absolute atomic E-state index is 0.00875. The van der Waals surface area contributed by atoms with Gasteiger partial charge in [-0.15, -0.1) is 0 Å². The number of amides is 2. The zero-order valence-corrected chi connectivity index (χ0v) is 17.5. The summed E-state index contributed by atoms with van der Waals surface area (Å²) in [5.41, 5.74) is 8.06. The summed E-state index contributed by atoms with van der Waals surface area (Å²) < 4.78 is 1.65. The van der Waals surface area contributed by atoms with Crippen molar-refractivity contribution >= 4 is 23.4 Å². The number of nitrogens with two attached hydrogens (primary N) is 1. The molecule has 0 radical (unpaired) electrons. The van der Waals surface area contributed by atoms with E-state index in [1.54, 1.807) is 16.9 Å². The smallest absolute Gasteiger partial charge is 0.274 e. The van der Waals surface area contributed by atoms with Crippen LogP contribution in [0.25, 0.3) is 0 Å². The zero-order chi connectivity index (χ0) is 20.7. The molecule has 2 saturated heterocycles. The van der Waals surface area contributed by atoms with Gasteiger partial charge >= 0.3 is 0 Å². The van der Waals surface area contributed by atoms with E-state index in [1.807, 2.05) is 37.1 Å². The third-order valence-electron chi connectivity index (χ3n) is 6.15. The van der Waals surface area contributed by atoms with E-state index in [4.69, 9.17) is 17.3 Å². The number of nitrogens with zero attached hydrogens (tertiary/aromatic N) is 4. The lowest BCUT2D eigenvalue weighted by molar-refractivity contribution is -0.119. The van der Waals surface area contributed by atoms with Crippen LogP contribution in [-0.4, -0.2) is 57.6 Å². The number of primary amides is 1. The molecule has 2 aromatic rings. The summed E-state index contributed by atoms with van der Waals surface area (Å²) in [7, 11) is 1.81. The lowest BCUT2D eigenvalue weighted by atomic mass is 10.0. The van der Waals surface area contributed by atoms with Gasteiger partial charge in [-0.3, -0.25) is 19.2 Å². The topological polar surface area (TPSA) is 84.5 Å². The molecule has 2 amide bonds. The first kappa shape index (κ1) is 19.9. The van der Waals surface area contributed by atoms with Crippen molar-refractivity contribution in [2.24, 2.45) is 24.6 Å². The fourth-order valence-corrected chi connectivity index (χ4v) is 4.79. The average molecular weight is 416 g/mol. The second-order valence-corrected chi connectivity index (χ2v) is 8.66. The number of hydrogen-bond acceptors (Lipinski definition) is 4. The number of aromatic nitrogens is 2. The van der Waals surface area contributed by atoms with Crippen LogP contribution in [0.5, 0.6) is 0 Å². The molecule has 0 saturated carbocycles. The number of benzene rings is 1. The highest BCUT2D eigenvalue weighted by atomic mass is 35.5. The largest absolute Gasteiger partial charge is 0.370 e. The molecule has 1 aromatic heterocycles. The van der Waals surface area contributed by atoms with Gasteiger partial charge in [-0.05, 0) is 42.0 Å². The monoisotopic (exact) mass is 415 g/mol.